The Labute approximate surface area is 73.8 Å². The van der Waals surface area contributed by atoms with E-state index in [0.717, 1.165) is 6.54 Å². The molecule has 12 heavy (non-hydrogen) atoms. The van der Waals surface area contributed by atoms with Gasteiger partial charge in [-0.2, -0.15) is 5.26 Å². The van der Waals surface area contributed by atoms with Crippen LogP contribution < -0.4 is 5.32 Å². The average Bonchev–Trinajstić information content (AvgIpc) is 2.08. The van der Waals surface area contributed by atoms with Crippen LogP contribution in [0.5, 0.6) is 0 Å². The van der Waals surface area contributed by atoms with Crippen LogP contribution in [-0.2, 0) is 6.54 Å². The second-order valence-electron chi connectivity index (χ2n) is 2.24. The molecule has 1 rings (SSSR count). The predicted molar refractivity (Wildman–Crippen MR) is 50.5 cm³/mol. The van der Waals surface area contributed by atoms with Crippen molar-refractivity contribution < 1.29 is 0 Å². The number of rotatable bonds is 2. The van der Waals surface area contributed by atoms with Gasteiger partial charge < -0.3 is 5.32 Å². The molecule has 1 aromatic rings. The molecule has 0 aliphatic carbocycles. The summed E-state index contributed by atoms with van der Waals surface area (Å²) in [5, 5.41) is 10.4. The minimum Gasteiger partial charge on any atom is -0.316 e. The van der Waals surface area contributed by atoms with Crippen molar-refractivity contribution in [3.05, 3.63) is 35.9 Å². The average molecular weight is 162 g/mol. The number of nitrogens with one attached hydrogen (secondary N) is 1. The van der Waals surface area contributed by atoms with Crippen LogP contribution in [0.2, 0.25) is 0 Å². The Morgan fingerprint density at radius 2 is 1.83 bits per heavy atom. The van der Waals surface area contributed by atoms with E-state index in [2.05, 4.69) is 17.4 Å². The third-order valence-corrected chi connectivity index (χ3v) is 1.22. The molecule has 0 aliphatic heterocycles. The Hall–Kier alpha value is -1.33. The molecule has 0 saturated carbocycles. The quantitative estimate of drug-likeness (QED) is 0.721. The van der Waals surface area contributed by atoms with Crippen LogP contribution in [-0.4, -0.2) is 7.05 Å². The monoisotopic (exact) mass is 162 g/mol. The standard InChI is InChI=1S/C8H11N.C2H3N/c1-9-7-8-5-3-2-4-6-8;1-2-3/h2-6,9H,7H2,1H3;1H3. The van der Waals surface area contributed by atoms with Gasteiger partial charge in [0.2, 0.25) is 0 Å². The van der Waals surface area contributed by atoms with Crippen molar-refractivity contribution in [1.29, 1.82) is 5.26 Å². The van der Waals surface area contributed by atoms with Crippen molar-refractivity contribution in [2.75, 3.05) is 7.05 Å². The largest absolute Gasteiger partial charge is 0.316 e. The molecule has 0 fully saturated rings. The summed E-state index contributed by atoms with van der Waals surface area (Å²) in [7, 11) is 1.95. The molecule has 0 radical (unpaired) electrons. The Kier molecular flexibility index (Phi) is 6.91. The number of benzene rings is 1. The molecule has 0 atom stereocenters. The van der Waals surface area contributed by atoms with Gasteiger partial charge in [0.15, 0.2) is 0 Å². The van der Waals surface area contributed by atoms with Crippen LogP contribution in [0.3, 0.4) is 0 Å². The maximum absolute atomic E-state index is 7.32. The summed E-state index contributed by atoms with van der Waals surface area (Å²) in [5.74, 6) is 0. The first-order valence-electron chi connectivity index (χ1n) is 3.84. The second-order valence-corrected chi connectivity index (χ2v) is 2.24. The van der Waals surface area contributed by atoms with Gasteiger partial charge in [-0.3, -0.25) is 0 Å². The highest BCUT2D eigenvalue weighted by Crippen LogP contribution is 1.95. The Morgan fingerprint density at radius 3 is 2.25 bits per heavy atom. The van der Waals surface area contributed by atoms with Crippen LogP contribution in [0.25, 0.3) is 0 Å². The first-order chi connectivity index (χ1) is 5.85. The van der Waals surface area contributed by atoms with Gasteiger partial charge in [0.25, 0.3) is 0 Å². The van der Waals surface area contributed by atoms with Crippen molar-refractivity contribution in [3.8, 4) is 6.07 Å². The zero-order chi connectivity index (χ0) is 9.23. The molecule has 0 spiro atoms. The van der Waals surface area contributed by atoms with Crippen molar-refractivity contribution in [1.82, 2.24) is 5.32 Å². The van der Waals surface area contributed by atoms with Crippen LogP contribution in [0, 0.1) is 11.3 Å². The van der Waals surface area contributed by atoms with Gasteiger partial charge in [0.1, 0.15) is 0 Å². The summed E-state index contributed by atoms with van der Waals surface area (Å²) >= 11 is 0. The minimum atomic E-state index is 0.959. The summed E-state index contributed by atoms with van der Waals surface area (Å²) < 4.78 is 0. The minimum absolute atomic E-state index is 0.959. The zero-order valence-electron chi connectivity index (χ0n) is 7.54. The van der Waals surface area contributed by atoms with Gasteiger partial charge in [0, 0.05) is 13.5 Å². The molecule has 1 N–H and O–H groups in total. The summed E-state index contributed by atoms with van der Waals surface area (Å²) in [5.41, 5.74) is 1.33. The van der Waals surface area contributed by atoms with Gasteiger partial charge in [-0.25, -0.2) is 0 Å². The number of hydrogen-bond donors (Lipinski definition) is 1. The van der Waals surface area contributed by atoms with Gasteiger partial charge in [-0.1, -0.05) is 30.3 Å². The summed E-state index contributed by atoms with van der Waals surface area (Å²) in [6, 6.07) is 12.1. The normalized spacial score (nSPS) is 7.75. The van der Waals surface area contributed by atoms with E-state index in [4.69, 9.17) is 5.26 Å². The van der Waals surface area contributed by atoms with E-state index in [0.29, 0.717) is 0 Å². The van der Waals surface area contributed by atoms with Crippen molar-refractivity contribution in [2.24, 2.45) is 0 Å². The van der Waals surface area contributed by atoms with E-state index in [1.165, 1.54) is 12.5 Å². The number of hydrogen-bond acceptors (Lipinski definition) is 2. The second kappa shape index (κ2) is 7.77. The third kappa shape index (κ3) is 5.45. The molecule has 2 nitrogen and oxygen atoms in total. The summed E-state index contributed by atoms with van der Waals surface area (Å²) in [6.45, 7) is 2.39. The van der Waals surface area contributed by atoms with Crippen LogP contribution >= 0.6 is 0 Å². The lowest BCUT2D eigenvalue weighted by molar-refractivity contribution is 0.818. The molecule has 64 valence electrons. The Balaban J connectivity index is 0.000000354. The molecule has 0 unspecified atom stereocenters. The first-order valence-corrected chi connectivity index (χ1v) is 3.84. The fourth-order valence-corrected chi connectivity index (χ4v) is 0.800. The molecule has 2 heteroatoms. The molecule has 0 amide bonds. The first kappa shape index (κ1) is 10.7. The lowest BCUT2D eigenvalue weighted by Gasteiger charge is -1.95. The van der Waals surface area contributed by atoms with Crippen molar-refractivity contribution >= 4 is 0 Å². The molecule has 0 bridgehead atoms. The lowest BCUT2D eigenvalue weighted by Crippen LogP contribution is -2.04. The fourth-order valence-electron chi connectivity index (χ4n) is 0.800. The van der Waals surface area contributed by atoms with E-state index < -0.39 is 0 Å². The zero-order valence-corrected chi connectivity index (χ0v) is 7.54. The molecule has 1 aromatic carbocycles. The molecule has 0 aromatic heterocycles. The lowest BCUT2D eigenvalue weighted by atomic mass is 10.2. The van der Waals surface area contributed by atoms with Crippen LogP contribution in [0.1, 0.15) is 12.5 Å². The predicted octanol–water partition coefficient (Wildman–Crippen LogP) is 1.94. The third-order valence-electron chi connectivity index (χ3n) is 1.22. The van der Waals surface area contributed by atoms with Gasteiger partial charge in [0.05, 0.1) is 6.07 Å². The van der Waals surface area contributed by atoms with E-state index >= 15 is 0 Å². The highest BCUT2D eigenvalue weighted by molar-refractivity contribution is 5.13. The molecule has 0 saturated heterocycles. The van der Waals surface area contributed by atoms with Gasteiger partial charge >= 0.3 is 0 Å². The summed E-state index contributed by atoms with van der Waals surface area (Å²) in [4.78, 5) is 0. The van der Waals surface area contributed by atoms with Crippen LogP contribution in [0.15, 0.2) is 30.3 Å². The van der Waals surface area contributed by atoms with E-state index in [1.807, 2.05) is 25.2 Å². The highest BCUT2D eigenvalue weighted by Gasteiger charge is 1.83. The smallest absolute Gasteiger partial charge is 0.0587 e. The number of nitriles is 1. The Morgan fingerprint density at radius 1 is 1.33 bits per heavy atom. The molecular formula is C10H14N2. The van der Waals surface area contributed by atoms with E-state index in [1.54, 1.807) is 6.07 Å². The molecule has 0 aliphatic rings. The van der Waals surface area contributed by atoms with E-state index in [9.17, 15) is 0 Å². The number of nitrogens with zero attached hydrogens (tertiary/aromatic N) is 1. The van der Waals surface area contributed by atoms with Crippen molar-refractivity contribution in [3.63, 3.8) is 0 Å². The maximum Gasteiger partial charge on any atom is 0.0587 e. The molecule has 0 heterocycles. The molecular weight excluding hydrogens is 148 g/mol. The fraction of sp³-hybridized carbons (Fsp3) is 0.300. The van der Waals surface area contributed by atoms with Gasteiger partial charge in [-0.05, 0) is 12.6 Å². The SMILES string of the molecule is CC#N.CNCc1ccccc1. The Bertz CT molecular complexity index is 223. The van der Waals surface area contributed by atoms with E-state index in [-0.39, 0.29) is 0 Å². The van der Waals surface area contributed by atoms with Crippen LogP contribution in [0.4, 0.5) is 0 Å². The van der Waals surface area contributed by atoms with Crippen molar-refractivity contribution in [2.45, 2.75) is 13.5 Å². The van der Waals surface area contributed by atoms with Gasteiger partial charge in [-0.15, -0.1) is 0 Å². The maximum atomic E-state index is 7.32. The highest BCUT2D eigenvalue weighted by atomic mass is 14.8. The topological polar surface area (TPSA) is 35.8 Å². The summed E-state index contributed by atoms with van der Waals surface area (Å²) in [6.07, 6.45) is 0.